The molecule has 0 atom stereocenters. The van der Waals surface area contributed by atoms with E-state index in [9.17, 15) is 0 Å². The molecule has 0 spiro atoms. The molecule has 4 nitrogen and oxygen atoms in total. The number of allylic oxidation sites excluding steroid dienone is 1. The lowest BCUT2D eigenvalue weighted by molar-refractivity contribution is 0.0214. The van der Waals surface area contributed by atoms with Crippen LogP contribution in [0.4, 0.5) is 0 Å². The zero-order chi connectivity index (χ0) is 14.3. The van der Waals surface area contributed by atoms with Crippen LogP contribution in [0.15, 0.2) is 12.3 Å². The molecule has 0 saturated heterocycles. The van der Waals surface area contributed by atoms with Gasteiger partial charge in [0.25, 0.3) is 0 Å². The molecule has 0 amide bonds. The molecule has 1 aromatic rings. The quantitative estimate of drug-likeness (QED) is 0.844. The molecule has 0 bridgehead atoms. The molecule has 2 aliphatic carbocycles. The predicted octanol–water partition coefficient (Wildman–Crippen LogP) is 3.47. The summed E-state index contributed by atoms with van der Waals surface area (Å²) in [5.74, 6) is 2.67. The minimum atomic E-state index is -0.0113. The van der Waals surface area contributed by atoms with Gasteiger partial charge in [0.1, 0.15) is 11.4 Å². The summed E-state index contributed by atoms with van der Waals surface area (Å²) in [6.45, 7) is 6.55. The smallest absolute Gasteiger partial charge is 0.169 e. The van der Waals surface area contributed by atoms with Gasteiger partial charge in [-0.2, -0.15) is 0 Å². The summed E-state index contributed by atoms with van der Waals surface area (Å²) in [5, 5.41) is 8.93. The summed E-state index contributed by atoms with van der Waals surface area (Å²) in [5.41, 5.74) is -0.0113. The first-order chi connectivity index (χ1) is 9.60. The summed E-state index contributed by atoms with van der Waals surface area (Å²) in [6.07, 6.45) is 10.3. The van der Waals surface area contributed by atoms with Crippen molar-refractivity contribution in [3.63, 3.8) is 0 Å². The molecule has 2 saturated carbocycles. The Labute approximate surface area is 126 Å². The van der Waals surface area contributed by atoms with E-state index in [-0.39, 0.29) is 5.54 Å². The van der Waals surface area contributed by atoms with Crippen molar-refractivity contribution in [3.05, 3.63) is 23.9 Å². The molecule has 0 N–H and O–H groups in total. The SMILES string of the molecule is C/C=C\N(C(C)C)C1(c2nnc(C3CC3)n2S)CCC1. The monoisotopic (exact) mass is 292 g/mol. The van der Waals surface area contributed by atoms with E-state index in [2.05, 4.69) is 48.1 Å². The van der Waals surface area contributed by atoms with Gasteiger partial charge in [-0.1, -0.05) is 18.9 Å². The lowest BCUT2D eigenvalue weighted by Crippen LogP contribution is -2.52. The van der Waals surface area contributed by atoms with Crippen LogP contribution in [0.2, 0.25) is 0 Å². The summed E-state index contributed by atoms with van der Waals surface area (Å²) >= 11 is 4.70. The molecular formula is C15H24N4S. The van der Waals surface area contributed by atoms with E-state index in [4.69, 9.17) is 12.8 Å². The van der Waals surface area contributed by atoms with Gasteiger partial charge in [-0.3, -0.25) is 3.97 Å². The average molecular weight is 292 g/mol. The fourth-order valence-corrected chi connectivity index (χ4v) is 3.69. The van der Waals surface area contributed by atoms with Crippen LogP contribution in [-0.2, 0) is 5.54 Å². The standard InChI is InChI=1S/C15H24N4S/c1-4-10-18(11(2)3)15(8-5-9-15)14-17-16-13(19(14)20)12-6-7-12/h4,10-12,20H,5-9H2,1-3H3/b10-4-. The number of hydrogen-bond donors (Lipinski definition) is 1. The van der Waals surface area contributed by atoms with E-state index in [0.29, 0.717) is 12.0 Å². The zero-order valence-corrected chi connectivity index (χ0v) is 13.5. The van der Waals surface area contributed by atoms with Crippen LogP contribution in [0.5, 0.6) is 0 Å². The van der Waals surface area contributed by atoms with Gasteiger partial charge >= 0.3 is 0 Å². The molecule has 3 rings (SSSR count). The maximum atomic E-state index is 4.70. The maximum Gasteiger partial charge on any atom is 0.169 e. The van der Waals surface area contributed by atoms with Gasteiger partial charge in [0.2, 0.25) is 0 Å². The van der Waals surface area contributed by atoms with E-state index >= 15 is 0 Å². The summed E-state index contributed by atoms with van der Waals surface area (Å²) in [7, 11) is 0. The topological polar surface area (TPSA) is 34.0 Å². The van der Waals surface area contributed by atoms with Crippen molar-refractivity contribution in [2.75, 3.05) is 0 Å². The number of thiol groups is 1. The Morgan fingerprint density at radius 2 is 2.05 bits per heavy atom. The van der Waals surface area contributed by atoms with Crippen LogP contribution in [0.3, 0.4) is 0 Å². The second-order valence-corrected chi connectivity index (χ2v) is 6.74. The Balaban J connectivity index is 1.99. The van der Waals surface area contributed by atoms with Crippen molar-refractivity contribution < 1.29 is 0 Å². The van der Waals surface area contributed by atoms with Crippen LogP contribution < -0.4 is 0 Å². The Bertz CT molecular complexity index is 512. The minimum absolute atomic E-state index is 0.0113. The number of hydrogen-bond acceptors (Lipinski definition) is 4. The molecule has 2 aliphatic rings. The third kappa shape index (κ3) is 2.07. The molecule has 1 aromatic heterocycles. The third-order valence-corrected chi connectivity index (χ3v) is 4.96. The first-order valence-corrected chi connectivity index (χ1v) is 8.06. The first-order valence-electron chi connectivity index (χ1n) is 7.66. The molecule has 0 aromatic carbocycles. The average Bonchev–Trinajstić information content (AvgIpc) is 3.12. The van der Waals surface area contributed by atoms with Gasteiger partial charge < -0.3 is 4.90 Å². The lowest BCUT2D eigenvalue weighted by Gasteiger charge is -2.50. The van der Waals surface area contributed by atoms with Crippen molar-refractivity contribution >= 4 is 12.8 Å². The van der Waals surface area contributed by atoms with Crippen molar-refractivity contribution in [2.45, 2.75) is 70.4 Å². The molecule has 110 valence electrons. The van der Waals surface area contributed by atoms with Gasteiger partial charge in [-0.05, 0) is 59.1 Å². The normalized spacial score (nSPS) is 21.4. The van der Waals surface area contributed by atoms with Crippen molar-refractivity contribution in [1.29, 1.82) is 0 Å². The van der Waals surface area contributed by atoms with E-state index in [1.807, 2.05) is 3.97 Å². The fourth-order valence-electron chi connectivity index (χ4n) is 3.26. The third-order valence-electron chi connectivity index (χ3n) is 4.56. The fraction of sp³-hybridized carbons (Fsp3) is 0.733. The maximum absolute atomic E-state index is 4.70. The highest BCUT2D eigenvalue weighted by Crippen LogP contribution is 2.49. The zero-order valence-electron chi connectivity index (χ0n) is 12.6. The van der Waals surface area contributed by atoms with Crippen LogP contribution in [0.1, 0.15) is 70.4 Å². The van der Waals surface area contributed by atoms with Crippen LogP contribution in [-0.4, -0.2) is 25.1 Å². The van der Waals surface area contributed by atoms with E-state index in [0.717, 1.165) is 24.5 Å². The second kappa shape index (κ2) is 5.10. The molecule has 0 unspecified atom stereocenters. The van der Waals surface area contributed by atoms with E-state index < -0.39 is 0 Å². The molecule has 2 fully saturated rings. The van der Waals surface area contributed by atoms with Crippen LogP contribution in [0.25, 0.3) is 0 Å². The second-order valence-electron chi connectivity index (χ2n) is 6.34. The van der Waals surface area contributed by atoms with Gasteiger partial charge in [0.15, 0.2) is 5.82 Å². The van der Waals surface area contributed by atoms with E-state index in [1.54, 1.807) is 0 Å². The van der Waals surface area contributed by atoms with Gasteiger partial charge in [-0.25, -0.2) is 0 Å². The van der Waals surface area contributed by atoms with Gasteiger partial charge in [0.05, 0.1) is 0 Å². The Morgan fingerprint density at radius 3 is 2.50 bits per heavy atom. The number of aromatic nitrogens is 3. The van der Waals surface area contributed by atoms with Crippen molar-refractivity contribution in [1.82, 2.24) is 19.1 Å². The largest absolute Gasteiger partial charge is 0.362 e. The highest BCUT2D eigenvalue weighted by atomic mass is 32.1. The van der Waals surface area contributed by atoms with Gasteiger partial charge in [0, 0.05) is 12.0 Å². The lowest BCUT2D eigenvalue weighted by atomic mass is 9.74. The van der Waals surface area contributed by atoms with Crippen LogP contribution in [0, 0.1) is 0 Å². The molecule has 0 radical (unpaired) electrons. The van der Waals surface area contributed by atoms with Crippen molar-refractivity contribution in [2.24, 2.45) is 0 Å². The highest BCUT2D eigenvalue weighted by Gasteiger charge is 2.48. The summed E-state index contributed by atoms with van der Waals surface area (Å²) in [6, 6.07) is 0.445. The van der Waals surface area contributed by atoms with Crippen molar-refractivity contribution in [3.8, 4) is 0 Å². The summed E-state index contributed by atoms with van der Waals surface area (Å²) < 4.78 is 1.97. The first kappa shape index (κ1) is 14.0. The molecule has 5 heteroatoms. The molecular weight excluding hydrogens is 268 g/mol. The molecule has 1 heterocycles. The number of rotatable bonds is 5. The summed E-state index contributed by atoms with van der Waals surface area (Å²) in [4.78, 5) is 2.43. The highest BCUT2D eigenvalue weighted by molar-refractivity contribution is 7.78. The number of nitrogens with zero attached hydrogens (tertiary/aromatic N) is 4. The minimum Gasteiger partial charge on any atom is -0.362 e. The van der Waals surface area contributed by atoms with E-state index in [1.165, 1.54) is 19.3 Å². The molecule has 20 heavy (non-hydrogen) atoms. The van der Waals surface area contributed by atoms with Gasteiger partial charge in [-0.15, -0.1) is 10.2 Å². The Hall–Kier alpha value is -0.970. The van der Waals surface area contributed by atoms with Crippen LogP contribution >= 0.6 is 12.8 Å². The Kier molecular flexibility index (Phi) is 3.56. The predicted molar refractivity (Wildman–Crippen MR) is 83.7 cm³/mol. The Morgan fingerprint density at radius 1 is 1.35 bits per heavy atom. The molecule has 0 aliphatic heterocycles.